The summed E-state index contributed by atoms with van der Waals surface area (Å²) in [5.41, 5.74) is 2.77. The lowest BCUT2D eigenvalue weighted by atomic mass is 10.1. The average Bonchev–Trinajstić information content (AvgIpc) is 2.49. The molecule has 1 atom stereocenters. The summed E-state index contributed by atoms with van der Waals surface area (Å²) in [5, 5.41) is 0. The number of hydrogen-bond donors (Lipinski definition) is 0. The van der Waals surface area contributed by atoms with Gasteiger partial charge >= 0.3 is 0 Å². The summed E-state index contributed by atoms with van der Waals surface area (Å²) in [7, 11) is 1.78. The van der Waals surface area contributed by atoms with E-state index in [1.807, 2.05) is 0 Å². The Balaban J connectivity index is 2.48. The fourth-order valence-electron chi connectivity index (χ4n) is 1.83. The third-order valence-electron chi connectivity index (χ3n) is 2.43. The first-order chi connectivity index (χ1) is 5.83. The molecule has 0 heterocycles. The molecule has 0 radical (unpaired) electrons. The van der Waals surface area contributed by atoms with Crippen LogP contribution in [-0.4, -0.2) is 7.11 Å². The molecule has 0 spiro atoms. The van der Waals surface area contributed by atoms with Gasteiger partial charge < -0.3 is 4.74 Å². The number of hydrogen-bond acceptors (Lipinski definition) is 1. The van der Waals surface area contributed by atoms with E-state index in [-0.39, 0.29) is 0 Å². The molecule has 0 amide bonds. The molecule has 1 nitrogen and oxygen atoms in total. The number of fused-ring (bicyclic) bond motifs is 1. The van der Waals surface area contributed by atoms with Gasteiger partial charge in [-0.1, -0.05) is 28.1 Å². The van der Waals surface area contributed by atoms with Crippen LogP contribution in [0.4, 0.5) is 0 Å². The Kier molecular flexibility index (Phi) is 2.20. The van der Waals surface area contributed by atoms with Gasteiger partial charge in [0, 0.05) is 11.6 Å². The monoisotopic (exact) mass is 226 g/mol. The Bertz CT molecular complexity index is 296. The van der Waals surface area contributed by atoms with Crippen molar-refractivity contribution < 1.29 is 4.74 Å². The Morgan fingerprint density at radius 3 is 3.08 bits per heavy atom. The molecular formula is C10H11BrO. The normalized spacial score (nSPS) is 21.0. The highest BCUT2D eigenvalue weighted by atomic mass is 79.9. The zero-order valence-electron chi connectivity index (χ0n) is 7.01. The van der Waals surface area contributed by atoms with Gasteiger partial charge in [0.1, 0.15) is 0 Å². The second-order valence-electron chi connectivity index (χ2n) is 3.08. The van der Waals surface area contributed by atoms with Crippen LogP contribution in [0.5, 0.6) is 0 Å². The Morgan fingerprint density at radius 1 is 1.50 bits per heavy atom. The fraction of sp³-hybridized carbons (Fsp3) is 0.400. The van der Waals surface area contributed by atoms with E-state index in [1.54, 1.807) is 7.11 Å². The summed E-state index contributed by atoms with van der Waals surface area (Å²) >= 11 is 3.55. The number of rotatable bonds is 1. The molecule has 0 fully saturated rings. The van der Waals surface area contributed by atoms with Crippen molar-refractivity contribution in [2.45, 2.75) is 18.9 Å². The zero-order chi connectivity index (χ0) is 8.55. The predicted octanol–water partition coefficient (Wildman–Crippen LogP) is 3.08. The smallest absolute Gasteiger partial charge is 0.0837 e. The lowest BCUT2D eigenvalue weighted by Gasteiger charge is -2.10. The van der Waals surface area contributed by atoms with Crippen molar-refractivity contribution in [3.63, 3.8) is 0 Å². The van der Waals surface area contributed by atoms with Gasteiger partial charge in [-0.05, 0) is 30.0 Å². The molecule has 1 aliphatic carbocycles. The van der Waals surface area contributed by atoms with Crippen molar-refractivity contribution >= 4 is 15.9 Å². The highest BCUT2D eigenvalue weighted by molar-refractivity contribution is 9.10. The van der Waals surface area contributed by atoms with Gasteiger partial charge in [-0.3, -0.25) is 0 Å². The van der Waals surface area contributed by atoms with E-state index < -0.39 is 0 Å². The number of halogens is 1. The second kappa shape index (κ2) is 3.19. The Morgan fingerprint density at radius 2 is 2.33 bits per heavy atom. The summed E-state index contributed by atoms with van der Waals surface area (Å²) in [6.07, 6.45) is 2.57. The van der Waals surface area contributed by atoms with Gasteiger partial charge in [0.2, 0.25) is 0 Å². The average molecular weight is 227 g/mol. The molecule has 1 aromatic rings. The van der Waals surface area contributed by atoms with Crippen LogP contribution in [-0.2, 0) is 11.2 Å². The minimum Gasteiger partial charge on any atom is -0.377 e. The van der Waals surface area contributed by atoms with Crippen LogP contribution in [0.2, 0.25) is 0 Å². The van der Waals surface area contributed by atoms with Gasteiger partial charge in [0.15, 0.2) is 0 Å². The summed E-state index contributed by atoms with van der Waals surface area (Å²) in [5.74, 6) is 0. The minimum atomic E-state index is 0.301. The van der Waals surface area contributed by atoms with Crippen molar-refractivity contribution in [3.05, 3.63) is 33.8 Å². The first-order valence-corrected chi connectivity index (χ1v) is 4.92. The summed E-state index contributed by atoms with van der Waals surface area (Å²) in [6.45, 7) is 0. The van der Waals surface area contributed by atoms with Crippen molar-refractivity contribution in [1.29, 1.82) is 0 Å². The van der Waals surface area contributed by atoms with Crippen LogP contribution in [0.25, 0.3) is 0 Å². The maximum Gasteiger partial charge on any atom is 0.0837 e. The Hall–Kier alpha value is -0.340. The highest BCUT2D eigenvalue weighted by Gasteiger charge is 2.23. The van der Waals surface area contributed by atoms with Crippen LogP contribution in [0.3, 0.4) is 0 Å². The minimum absolute atomic E-state index is 0.301. The largest absolute Gasteiger partial charge is 0.377 e. The summed E-state index contributed by atoms with van der Waals surface area (Å²) < 4.78 is 6.57. The molecule has 0 saturated heterocycles. The van der Waals surface area contributed by atoms with E-state index >= 15 is 0 Å². The van der Waals surface area contributed by atoms with Crippen LogP contribution in [0, 0.1) is 0 Å². The molecule has 0 aliphatic heterocycles. The van der Waals surface area contributed by atoms with E-state index in [2.05, 4.69) is 34.1 Å². The zero-order valence-corrected chi connectivity index (χ0v) is 8.60. The summed E-state index contributed by atoms with van der Waals surface area (Å²) in [6, 6.07) is 6.34. The van der Waals surface area contributed by atoms with Crippen molar-refractivity contribution in [1.82, 2.24) is 0 Å². The van der Waals surface area contributed by atoms with E-state index in [1.165, 1.54) is 15.6 Å². The molecule has 12 heavy (non-hydrogen) atoms. The Labute approximate surface area is 80.9 Å². The van der Waals surface area contributed by atoms with Crippen LogP contribution < -0.4 is 0 Å². The maximum atomic E-state index is 5.39. The number of ether oxygens (including phenoxy) is 1. The molecule has 2 rings (SSSR count). The SMILES string of the molecule is COC1CCc2cccc(Br)c21. The van der Waals surface area contributed by atoms with Gasteiger partial charge in [-0.2, -0.15) is 0 Å². The third kappa shape index (κ3) is 1.19. The van der Waals surface area contributed by atoms with E-state index in [0.717, 1.165) is 12.8 Å². The molecule has 1 unspecified atom stereocenters. The summed E-state index contributed by atoms with van der Waals surface area (Å²) in [4.78, 5) is 0. The molecule has 1 aliphatic rings. The van der Waals surface area contributed by atoms with Crippen LogP contribution in [0.1, 0.15) is 23.7 Å². The van der Waals surface area contributed by atoms with Crippen LogP contribution >= 0.6 is 15.9 Å². The van der Waals surface area contributed by atoms with Gasteiger partial charge in [0.05, 0.1) is 6.10 Å². The molecule has 0 saturated carbocycles. The van der Waals surface area contributed by atoms with E-state index in [4.69, 9.17) is 4.74 Å². The molecule has 64 valence electrons. The lowest BCUT2D eigenvalue weighted by molar-refractivity contribution is 0.104. The topological polar surface area (TPSA) is 9.23 Å². The predicted molar refractivity (Wildman–Crippen MR) is 52.2 cm³/mol. The third-order valence-corrected chi connectivity index (χ3v) is 3.12. The second-order valence-corrected chi connectivity index (χ2v) is 3.93. The molecule has 1 aromatic carbocycles. The lowest BCUT2D eigenvalue weighted by Crippen LogP contribution is -1.96. The molecule has 2 heteroatoms. The maximum absolute atomic E-state index is 5.39. The van der Waals surface area contributed by atoms with E-state index in [0.29, 0.717) is 6.10 Å². The fourth-order valence-corrected chi connectivity index (χ4v) is 2.49. The first kappa shape index (κ1) is 8.27. The standard InChI is InChI=1S/C10H11BrO/c1-12-9-6-5-7-3-2-4-8(11)10(7)9/h2-4,9H,5-6H2,1H3. The molecule has 0 aromatic heterocycles. The van der Waals surface area contributed by atoms with Crippen molar-refractivity contribution in [3.8, 4) is 0 Å². The van der Waals surface area contributed by atoms with E-state index in [9.17, 15) is 0 Å². The molecular weight excluding hydrogens is 216 g/mol. The number of aryl methyl sites for hydroxylation is 1. The van der Waals surface area contributed by atoms with Crippen molar-refractivity contribution in [2.24, 2.45) is 0 Å². The molecule has 0 N–H and O–H groups in total. The number of benzene rings is 1. The van der Waals surface area contributed by atoms with Crippen LogP contribution in [0.15, 0.2) is 22.7 Å². The first-order valence-electron chi connectivity index (χ1n) is 4.13. The highest BCUT2D eigenvalue weighted by Crippen LogP contribution is 2.38. The van der Waals surface area contributed by atoms with Gasteiger partial charge in [-0.25, -0.2) is 0 Å². The molecule has 0 bridgehead atoms. The van der Waals surface area contributed by atoms with Gasteiger partial charge in [0.25, 0.3) is 0 Å². The number of methoxy groups -OCH3 is 1. The van der Waals surface area contributed by atoms with Gasteiger partial charge in [-0.15, -0.1) is 0 Å². The van der Waals surface area contributed by atoms with Crippen molar-refractivity contribution in [2.75, 3.05) is 7.11 Å². The quantitative estimate of drug-likeness (QED) is 0.716.